The molecule has 0 radical (unpaired) electrons. The van der Waals surface area contributed by atoms with E-state index in [1.54, 1.807) is 0 Å². The van der Waals surface area contributed by atoms with Crippen LogP contribution in [0.5, 0.6) is 0 Å². The van der Waals surface area contributed by atoms with Crippen LogP contribution in [0.25, 0.3) is 0 Å². The summed E-state index contributed by atoms with van der Waals surface area (Å²) in [7, 11) is 0. The van der Waals surface area contributed by atoms with E-state index in [4.69, 9.17) is 10.2 Å². The number of aliphatic hydroxyl groups excluding tert-OH is 1. The first-order chi connectivity index (χ1) is 8.45. The Morgan fingerprint density at radius 1 is 1.56 bits per heavy atom. The summed E-state index contributed by atoms with van der Waals surface area (Å²) in [5, 5.41) is 28.5. The Kier molecular flexibility index (Phi) is 5.11. The Balaban J connectivity index is 3.04. The molecule has 0 spiro atoms. The predicted octanol–water partition coefficient (Wildman–Crippen LogP) is 2.16. The van der Waals surface area contributed by atoms with Crippen LogP contribution in [0, 0.1) is 10.1 Å². The number of hydrogen-bond acceptors (Lipinski definition) is 5. The van der Waals surface area contributed by atoms with Crippen molar-refractivity contribution in [2.45, 2.75) is 23.5 Å². The minimum Gasteiger partial charge on any atom is -0.478 e. The molecule has 0 fully saturated rings. The highest BCUT2D eigenvalue weighted by Crippen LogP contribution is 2.33. The van der Waals surface area contributed by atoms with Crippen molar-refractivity contribution in [2.24, 2.45) is 0 Å². The van der Waals surface area contributed by atoms with Gasteiger partial charge < -0.3 is 10.2 Å². The number of carboxylic acids is 1. The van der Waals surface area contributed by atoms with E-state index in [0.29, 0.717) is 11.3 Å². The predicted molar refractivity (Wildman–Crippen MR) is 67.1 cm³/mol. The minimum atomic E-state index is -1.20. The minimum absolute atomic E-state index is 0.00910. The van der Waals surface area contributed by atoms with Gasteiger partial charge in [-0.25, -0.2) is 4.79 Å². The van der Waals surface area contributed by atoms with Crippen molar-refractivity contribution in [3.05, 3.63) is 33.9 Å². The first-order valence-corrected chi connectivity index (χ1v) is 6.13. The van der Waals surface area contributed by atoms with E-state index in [9.17, 15) is 14.9 Å². The molecule has 0 saturated heterocycles. The quantitative estimate of drug-likeness (QED) is 0.467. The van der Waals surface area contributed by atoms with Crippen LogP contribution < -0.4 is 0 Å². The van der Waals surface area contributed by atoms with Crippen molar-refractivity contribution < 1.29 is 19.9 Å². The summed E-state index contributed by atoms with van der Waals surface area (Å²) in [5.41, 5.74) is -0.328. The molecule has 7 heteroatoms. The van der Waals surface area contributed by atoms with Gasteiger partial charge in [0.25, 0.3) is 5.69 Å². The lowest BCUT2D eigenvalue weighted by atomic mass is 10.2. The third-order valence-electron chi connectivity index (χ3n) is 2.27. The lowest BCUT2D eigenvalue weighted by Gasteiger charge is -2.09. The number of carbonyl (C=O) groups is 1. The molecule has 1 unspecified atom stereocenters. The molecule has 0 heterocycles. The molecule has 1 aromatic rings. The van der Waals surface area contributed by atoms with E-state index < -0.39 is 10.9 Å². The van der Waals surface area contributed by atoms with Crippen LogP contribution in [0.15, 0.2) is 23.1 Å². The summed E-state index contributed by atoms with van der Waals surface area (Å²) >= 11 is 1.25. The van der Waals surface area contributed by atoms with Gasteiger partial charge in [-0.3, -0.25) is 10.1 Å². The number of rotatable bonds is 6. The number of hydrogen-bond donors (Lipinski definition) is 2. The van der Waals surface area contributed by atoms with Gasteiger partial charge in [0.15, 0.2) is 0 Å². The maximum atomic E-state index is 10.9. The summed E-state index contributed by atoms with van der Waals surface area (Å²) < 4.78 is 0. The summed E-state index contributed by atoms with van der Waals surface area (Å²) in [6.07, 6.45) is 0.516. The zero-order valence-corrected chi connectivity index (χ0v) is 10.5. The fraction of sp³-hybridized carbons (Fsp3) is 0.364. The Bertz CT molecular complexity index is 463. The van der Waals surface area contributed by atoms with Crippen LogP contribution in [0.1, 0.15) is 23.7 Å². The van der Waals surface area contributed by atoms with Crippen LogP contribution in [0.2, 0.25) is 0 Å². The Labute approximate surface area is 108 Å². The first kappa shape index (κ1) is 14.5. The standard InChI is InChI=1S/C11H13NO5S/c1-7(4-5-13)18-10-3-2-8(11(14)15)6-9(10)12(16)17/h2-3,6-7,13H,4-5H2,1H3,(H,14,15). The summed E-state index contributed by atoms with van der Waals surface area (Å²) in [6, 6.07) is 3.82. The molecule has 0 aliphatic heterocycles. The van der Waals surface area contributed by atoms with Crippen LogP contribution in [-0.4, -0.2) is 33.0 Å². The Morgan fingerprint density at radius 3 is 2.72 bits per heavy atom. The van der Waals surface area contributed by atoms with Gasteiger partial charge in [0.1, 0.15) is 0 Å². The highest BCUT2D eigenvalue weighted by Gasteiger charge is 2.19. The largest absolute Gasteiger partial charge is 0.478 e. The highest BCUT2D eigenvalue weighted by molar-refractivity contribution is 8.00. The molecule has 0 aliphatic carbocycles. The molecule has 6 nitrogen and oxygen atoms in total. The van der Waals surface area contributed by atoms with Crippen molar-refractivity contribution in [2.75, 3.05) is 6.61 Å². The van der Waals surface area contributed by atoms with Gasteiger partial charge in [-0.15, -0.1) is 11.8 Å². The van der Waals surface area contributed by atoms with E-state index in [-0.39, 0.29) is 23.1 Å². The molecule has 1 atom stereocenters. The van der Waals surface area contributed by atoms with Gasteiger partial charge in [0, 0.05) is 17.9 Å². The lowest BCUT2D eigenvalue weighted by molar-refractivity contribution is -0.387. The van der Waals surface area contributed by atoms with Gasteiger partial charge >= 0.3 is 5.97 Å². The van der Waals surface area contributed by atoms with Gasteiger partial charge in [0.2, 0.25) is 0 Å². The van der Waals surface area contributed by atoms with E-state index >= 15 is 0 Å². The van der Waals surface area contributed by atoms with Crippen molar-refractivity contribution >= 4 is 23.4 Å². The topological polar surface area (TPSA) is 101 Å². The van der Waals surface area contributed by atoms with Gasteiger partial charge in [-0.1, -0.05) is 6.92 Å². The van der Waals surface area contributed by atoms with E-state index in [1.165, 1.54) is 23.9 Å². The van der Waals surface area contributed by atoms with Crippen LogP contribution in [0.3, 0.4) is 0 Å². The van der Waals surface area contributed by atoms with Crippen LogP contribution in [-0.2, 0) is 0 Å². The van der Waals surface area contributed by atoms with E-state index in [0.717, 1.165) is 6.07 Å². The number of benzene rings is 1. The number of thioether (sulfide) groups is 1. The number of aromatic carboxylic acids is 1. The third kappa shape index (κ3) is 3.71. The third-order valence-corrected chi connectivity index (χ3v) is 3.50. The Hall–Kier alpha value is -1.60. The lowest BCUT2D eigenvalue weighted by Crippen LogP contribution is -2.02. The number of nitro groups is 1. The second-order valence-corrected chi connectivity index (χ2v) is 5.17. The SMILES string of the molecule is CC(CCO)Sc1ccc(C(=O)O)cc1[N+](=O)[O-]. The maximum Gasteiger partial charge on any atom is 0.335 e. The average molecular weight is 271 g/mol. The molecule has 0 bridgehead atoms. The van der Waals surface area contributed by atoms with Crippen LogP contribution in [0.4, 0.5) is 5.69 Å². The summed E-state index contributed by atoms with van der Waals surface area (Å²) in [5.74, 6) is -1.20. The molecule has 0 saturated carbocycles. The maximum absolute atomic E-state index is 10.9. The Morgan fingerprint density at radius 2 is 2.22 bits per heavy atom. The number of nitrogens with zero attached hydrogens (tertiary/aromatic N) is 1. The number of aliphatic hydroxyl groups is 1. The zero-order chi connectivity index (χ0) is 13.7. The van der Waals surface area contributed by atoms with Gasteiger partial charge in [-0.05, 0) is 18.6 Å². The fourth-order valence-electron chi connectivity index (χ4n) is 1.35. The van der Waals surface area contributed by atoms with Crippen molar-refractivity contribution in [1.82, 2.24) is 0 Å². The average Bonchev–Trinajstić information content (AvgIpc) is 2.29. The molecule has 98 valence electrons. The molecule has 2 N–H and O–H groups in total. The molecule has 0 aliphatic rings. The number of carboxylic acid groups (broad SMARTS) is 1. The monoisotopic (exact) mass is 271 g/mol. The van der Waals surface area contributed by atoms with Crippen molar-refractivity contribution in [3.63, 3.8) is 0 Å². The van der Waals surface area contributed by atoms with Gasteiger partial charge in [0.05, 0.1) is 15.4 Å². The van der Waals surface area contributed by atoms with E-state index in [1.807, 2.05) is 6.92 Å². The summed E-state index contributed by atoms with van der Waals surface area (Å²) in [6.45, 7) is 1.85. The molecular weight excluding hydrogens is 258 g/mol. The normalized spacial score (nSPS) is 12.1. The molecule has 0 aromatic heterocycles. The molecule has 1 aromatic carbocycles. The number of nitro benzene ring substituents is 1. The highest BCUT2D eigenvalue weighted by atomic mass is 32.2. The molecule has 0 amide bonds. The van der Waals surface area contributed by atoms with Crippen molar-refractivity contribution in [1.29, 1.82) is 0 Å². The molecule has 18 heavy (non-hydrogen) atoms. The fourth-order valence-corrected chi connectivity index (χ4v) is 2.41. The summed E-state index contributed by atoms with van der Waals surface area (Å²) in [4.78, 5) is 21.4. The second kappa shape index (κ2) is 6.36. The van der Waals surface area contributed by atoms with E-state index in [2.05, 4.69) is 0 Å². The molecular formula is C11H13NO5S. The smallest absolute Gasteiger partial charge is 0.335 e. The second-order valence-electron chi connectivity index (χ2n) is 3.69. The zero-order valence-electron chi connectivity index (χ0n) is 9.70. The van der Waals surface area contributed by atoms with Gasteiger partial charge in [-0.2, -0.15) is 0 Å². The molecule has 1 rings (SSSR count). The van der Waals surface area contributed by atoms with Crippen LogP contribution >= 0.6 is 11.8 Å². The van der Waals surface area contributed by atoms with Crippen molar-refractivity contribution in [3.8, 4) is 0 Å². The first-order valence-electron chi connectivity index (χ1n) is 5.25.